The molecule has 0 aliphatic heterocycles. The van der Waals surface area contributed by atoms with Gasteiger partial charge in [-0.2, -0.15) is 13.2 Å². The molecule has 124 valence electrons. The molecule has 1 heterocycles. The molecule has 24 heavy (non-hydrogen) atoms. The molecule has 1 aromatic heterocycles. The summed E-state index contributed by atoms with van der Waals surface area (Å²) in [4.78, 5) is 4.78. The molecule has 4 rings (SSSR count). The second kappa shape index (κ2) is 5.76. The van der Waals surface area contributed by atoms with Crippen LogP contribution < -0.4 is 0 Å². The van der Waals surface area contributed by atoms with Crippen LogP contribution >= 0.6 is 0 Å². The molecule has 0 radical (unpaired) electrons. The van der Waals surface area contributed by atoms with Gasteiger partial charge in [-0.25, -0.2) is 0 Å². The highest BCUT2D eigenvalue weighted by molar-refractivity contribution is 6.07. The SMILES string of the molecule is FC(F)(F)c1ccc2c(c1)c(C1CCCCC1)nc1ccccc12. The molecule has 1 nitrogen and oxygen atoms in total. The van der Waals surface area contributed by atoms with Crippen molar-refractivity contribution in [2.24, 2.45) is 0 Å². The predicted octanol–water partition coefficient (Wildman–Crippen LogP) is 6.45. The third-order valence-corrected chi connectivity index (χ3v) is 5.05. The van der Waals surface area contributed by atoms with Crippen molar-refractivity contribution in [2.75, 3.05) is 0 Å². The lowest BCUT2D eigenvalue weighted by Crippen LogP contribution is -2.09. The second-order valence-corrected chi connectivity index (χ2v) is 6.61. The summed E-state index contributed by atoms with van der Waals surface area (Å²) >= 11 is 0. The van der Waals surface area contributed by atoms with Crippen molar-refractivity contribution in [3.8, 4) is 0 Å². The van der Waals surface area contributed by atoms with E-state index in [0.29, 0.717) is 5.39 Å². The van der Waals surface area contributed by atoms with Gasteiger partial charge in [0.15, 0.2) is 0 Å². The van der Waals surface area contributed by atoms with Crippen molar-refractivity contribution < 1.29 is 13.2 Å². The number of halogens is 3. The van der Waals surface area contributed by atoms with Crippen molar-refractivity contribution in [2.45, 2.75) is 44.2 Å². The average Bonchev–Trinajstić information content (AvgIpc) is 2.60. The summed E-state index contributed by atoms with van der Waals surface area (Å²) in [5, 5.41) is 2.45. The van der Waals surface area contributed by atoms with Crippen LogP contribution in [-0.4, -0.2) is 4.98 Å². The molecule has 1 saturated carbocycles. The van der Waals surface area contributed by atoms with Gasteiger partial charge in [-0.05, 0) is 36.4 Å². The Labute approximate surface area is 138 Å². The maximum Gasteiger partial charge on any atom is 0.416 e. The minimum Gasteiger partial charge on any atom is -0.252 e. The third-order valence-electron chi connectivity index (χ3n) is 5.05. The maximum atomic E-state index is 13.2. The highest BCUT2D eigenvalue weighted by Gasteiger charge is 2.31. The molecule has 1 aliphatic rings. The Bertz CT molecular complexity index is 892. The Morgan fingerprint density at radius 2 is 1.58 bits per heavy atom. The Hall–Kier alpha value is -2.10. The first-order valence-corrected chi connectivity index (χ1v) is 8.43. The Morgan fingerprint density at radius 3 is 2.33 bits per heavy atom. The number of pyridine rings is 1. The van der Waals surface area contributed by atoms with Crippen LogP contribution in [0.3, 0.4) is 0 Å². The fraction of sp³-hybridized carbons (Fsp3) is 0.350. The zero-order chi connectivity index (χ0) is 16.7. The number of aromatic nitrogens is 1. The quantitative estimate of drug-likeness (QED) is 0.467. The monoisotopic (exact) mass is 329 g/mol. The number of para-hydroxylation sites is 1. The van der Waals surface area contributed by atoms with Gasteiger partial charge in [-0.1, -0.05) is 43.5 Å². The first-order chi connectivity index (χ1) is 11.5. The molecule has 2 aromatic carbocycles. The Morgan fingerprint density at radius 1 is 0.833 bits per heavy atom. The van der Waals surface area contributed by atoms with E-state index in [-0.39, 0.29) is 5.92 Å². The summed E-state index contributed by atoms with van der Waals surface area (Å²) in [6, 6.07) is 11.8. The van der Waals surface area contributed by atoms with Gasteiger partial charge in [0, 0.05) is 16.7 Å². The predicted molar refractivity (Wildman–Crippen MR) is 90.1 cm³/mol. The molecule has 3 aromatic rings. The molecule has 0 spiro atoms. The van der Waals surface area contributed by atoms with Gasteiger partial charge in [-0.3, -0.25) is 4.98 Å². The van der Waals surface area contributed by atoms with Gasteiger partial charge < -0.3 is 0 Å². The fourth-order valence-corrected chi connectivity index (χ4v) is 3.84. The van der Waals surface area contributed by atoms with Crippen LogP contribution in [0, 0.1) is 0 Å². The second-order valence-electron chi connectivity index (χ2n) is 6.61. The third kappa shape index (κ3) is 2.64. The standard InChI is InChI=1S/C20H18F3N/c21-20(22,23)14-10-11-15-16-8-4-5-9-18(16)24-19(17(15)12-14)13-6-2-1-3-7-13/h4-5,8-13H,1-3,6-7H2. The van der Waals surface area contributed by atoms with Crippen molar-refractivity contribution in [3.63, 3.8) is 0 Å². The van der Waals surface area contributed by atoms with Crippen LogP contribution in [0.4, 0.5) is 13.2 Å². The van der Waals surface area contributed by atoms with Gasteiger partial charge in [0.25, 0.3) is 0 Å². The van der Waals surface area contributed by atoms with Gasteiger partial charge in [0.2, 0.25) is 0 Å². The highest BCUT2D eigenvalue weighted by Crippen LogP contribution is 2.39. The highest BCUT2D eigenvalue weighted by atomic mass is 19.4. The molecule has 0 atom stereocenters. The molecule has 0 bridgehead atoms. The topological polar surface area (TPSA) is 12.9 Å². The van der Waals surface area contributed by atoms with Gasteiger partial charge in [-0.15, -0.1) is 0 Å². The summed E-state index contributed by atoms with van der Waals surface area (Å²) in [5.74, 6) is 0.259. The molecular weight excluding hydrogens is 311 g/mol. The van der Waals surface area contributed by atoms with E-state index >= 15 is 0 Å². The fourth-order valence-electron chi connectivity index (χ4n) is 3.84. The minimum absolute atomic E-state index is 0.259. The summed E-state index contributed by atoms with van der Waals surface area (Å²) < 4.78 is 39.5. The van der Waals surface area contributed by atoms with E-state index in [1.54, 1.807) is 6.07 Å². The molecule has 0 saturated heterocycles. The van der Waals surface area contributed by atoms with Crippen molar-refractivity contribution in [3.05, 3.63) is 53.7 Å². The number of alkyl halides is 3. The van der Waals surface area contributed by atoms with Crippen LogP contribution in [0.5, 0.6) is 0 Å². The zero-order valence-electron chi connectivity index (χ0n) is 13.2. The van der Waals surface area contributed by atoms with Crippen LogP contribution in [-0.2, 0) is 6.18 Å². The zero-order valence-corrected chi connectivity index (χ0v) is 13.2. The molecule has 1 fully saturated rings. The van der Waals surface area contributed by atoms with Gasteiger partial charge in [0.1, 0.15) is 0 Å². The van der Waals surface area contributed by atoms with E-state index in [9.17, 15) is 13.2 Å². The molecule has 0 unspecified atom stereocenters. The number of nitrogens with zero attached hydrogens (tertiary/aromatic N) is 1. The molecule has 4 heteroatoms. The number of hydrogen-bond acceptors (Lipinski definition) is 1. The van der Waals surface area contributed by atoms with Crippen molar-refractivity contribution in [1.29, 1.82) is 0 Å². The van der Waals surface area contributed by atoms with Gasteiger partial charge in [0.05, 0.1) is 16.8 Å². The molecule has 0 amide bonds. The number of benzene rings is 2. The van der Waals surface area contributed by atoms with E-state index in [2.05, 4.69) is 0 Å². The van der Waals surface area contributed by atoms with E-state index in [4.69, 9.17) is 4.98 Å². The van der Waals surface area contributed by atoms with Crippen LogP contribution in [0.25, 0.3) is 21.7 Å². The van der Waals surface area contributed by atoms with Crippen molar-refractivity contribution in [1.82, 2.24) is 4.98 Å². The Balaban J connectivity index is 2.02. The van der Waals surface area contributed by atoms with Crippen LogP contribution in [0.1, 0.15) is 49.3 Å². The van der Waals surface area contributed by atoms with Crippen molar-refractivity contribution >= 4 is 21.7 Å². The molecule has 0 N–H and O–H groups in total. The average molecular weight is 329 g/mol. The first-order valence-electron chi connectivity index (χ1n) is 8.43. The normalized spacial score (nSPS) is 16.8. The summed E-state index contributed by atoms with van der Waals surface area (Å²) in [6.45, 7) is 0. The Kier molecular flexibility index (Phi) is 3.70. The number of rotatable bonds is 1. The van der Waals surface area contributed by atoms with E-state index in [1.165, 1.54) is 18.6 Å². The lowest BCUT2D eigenvalue weighted by Gasteiger charge is -2.23. The van der Waals surface area contributed by atoms with Crippen LogP contribution in [0.2, 0.25) is 0 Å². The summed E-state index contributed by atoms with van der Waals surface area (Å²) in [5.41, 5.74) is 1.11. The number of fused-ring (bicyclic) bond motifs is 3. The molecular formula is C20H18F3N. The maximum absolute atomic E-state index is 13.2. The lowest BCUT2D eigenvalue weighted by atomic mass is 9.84. The largest absolute Gasteiger partial charge is 0.416 e. The summed E-state index contributed by atoms with van der Waals surface area (Å²) in [6.07, 6.45) is 1.14. The lowest BCUT2D eigenvalue weighted by molar-refractivity contribution is -0.137. The van der Waals surface area contributed by atoms with Crippen LogP contribution in [0.15, 0.2) is 42.5 Å². The van der Waals surface area contributed by atoms with E-state index in [1.807, 2.05) is 24.3 Å². The molecule has 1 aliphatic carbocycles. The first kappa shape index (κ1) is 15.4. The number of hydrogen-bond donors (Lipinski definition) is 0. The van der Waals surface area contributed by atoms with E-state index < -0.39 is 11.7 Å². The summed E-state index contributed by atoms with van der Waals surface area (Å²) in [7, 11) is 0. The van der Waals surface area contributed by atoms with E-state index in [0.717, 1.165) is 47.7 Å². The van der Waals surface area contributed by atoms with Gasteiger partial charge >= 0.3 is 6.18 Å². The smallest absolute Gasteiger partial charge is 0.252 e. The minimum atomic E-state index is -4.33.